The van der Waals surface area contributed by atoms with Gasteiger partial charge < -0.3 is 0 Å². The fourth-order valence-corrected chi connectivity index (χ4v) is 12.8. The molecule has 0 saturated carbocycles. The number of aryl methyl sites for hydroxylation is 4. The Morgan fingerprint density at radius 3 is 1.76 bits per heavy atom. The van der Waals surface area contributed by atoms with E-state index in [1.54, 1.807) is 38.8 Å². The molecule has 1 heteroatoms. The lowest BCUT2D eigenvalue weighted by Crippen LogP contribution is -2.60. The van der Waals surface area contributed by atoms with Gasteiger partial charge in [0, 0.05) is 11.8 Å². The molecule has 8 rings (SSSR count). The van der Waals surface area contributed by atoms with E-state index in [4.69, 9.17) is 0 Å². The van der Waals surface area contributed by atoms with Crippen LogP contribution in [-0.4, -0.2) is 6.71 Å². The lowest BCUT2D eigenvalue weighted by atomic mass is 9.30. The Hall–Kier alpha value is -3.84. The normalized spacial score (nSPS) is 20.0. The third-order valence-electron chi connectivity index (χ3n) is 16.4. The lowest BCUT2D eigenvalue weighted by molar-refractivity contribution is 0.332. The summed E-state index contributed by atoms with van der Waals surface area (Å²) in [6.45, 7) is 43.9. The zero-order valence-corrected chi connectivity index (χ0v) is 42.3. The second kappa shape index (κ2) is 14.9. The molecule has 0 spiro atoms. The zero-order chi connectivity index (χ0) is 45.3. The quantitative estimate of drug-likeness (QED) is 0.150. The smallest absolute Gasteiger partial charge is 0.0664 e. The Labute approximate surface area is 379 Å². The number of hydrogen-bond acceptors (Lipinski definition) is 0. The molecule has 2 aliphatic carbocycles. The van der Waals surface area contributed by atoms with Crippen LogP contribution in [0.2, 0.25) is 0 Å². The fraction of sp³-hybridized carbons (Fsp3) is 0.508. The summed E-state index contributed by atoms with van der Waals surface area (Å²) >= 11 is 0. The summed E-state index contributed by atoms with van der Waals surface area (Å²) in [5, 5.41) is 0. The summed E-state index contributed by atoms with van der Waals surface area (Å²) in [5.74, 6) is 0.550. The average Bonchev–Trinajstić information content (AvgIpc) is 3.34. The largest absolute Gasteiger partial charge is 0.242 e. The molecule has 3 aliphatic rings. The molecule has 0 bridgehead atoms. The molecule has 2 atom stereocenters. The van der Waals surface area contributed by atoms with Crippen molar-refractivity contribution >= 4 is 23.1 Å². The van der Waals surface area contributed by atoms with Crippen LogP contribution >= 0.6 is 0 Å². The SMILES string of the molecule is Cc1cc(C)c2c(c1)C(CCc1cccc(C(C)(C)C)c1)c1cc(C(C)(C)C)ccc1B2c1cc2c(cc1C(C)c1cc3c(cc1C)C(C)(C)CC3(C)C)C(C)(C)CCC2(C)C. The molecule has 1 heterocycles. The van der Waals surface area contributed by atoms with Crippen molar-refractivity contribution in [3.8, 4) is 0 Å². The van der Waals surface area contributed by atoms with E-state index >= 15 is 0 Å². The molecule has 62 heavy (non-hydrogen) atoms. The van der Waals surface area contributed by atoms with Crippen LogP contribution in [0.4, 0.5) is 0 Å². The fourth-order valence-electron chi connectivity index (χ4n) is 12.8. The Balaban J connectivity index is 1.40. The van der Waals surface area contributed by atoms with E-state index in [0.717, 1.165) is 12.8 Å². The van der Waals surface area contributed by atoms with E-state index in [1.165, 1.54) is 74.7 Å². The van der Waals surface area contributed by atoms with Crippen molar-refractivity contribution in [2.45, 2.75) is 201 Å². The summed E-state index contributed by atoms with van der Waals surface area (Å²) in [7, 11) is 0. The van der Waals surface area contributed by atoms with Crippen molar-refractivity contribution in [3.63, 3.8) is 0 Å². The highest BCUT2D eigenvalue weighted by molar-refractivity contribution is 6.97. The van der Waals surface area contributed by atoms with E-state index in [-0.39, 0.29) is 45.1 Å². The van der Waals surface area contributed by atoms with Gasteiger partial charge in [-0.25, -0.2) is 0 Å². The van der Waals surface area contributed by atoms with Gasteiger partial charge in [-0.1, -0.05) is 210 Å². The van der Waals surface area contributed by atoms with Crippen LogP contribution in [0.5, 0.6) is 0 Å². The first-order valence-electron chi connectivity index (χ1n) is 24.3. The van der Waals surface area contributed by atoms with Gasteiger partial charge in [-0.3, -0.25) is 0 Å². The number of hydrogen-bond donors (Lipinski definition) is 0. The molecule has 1 aliphatic heterocycles. The molecule has 0 N–H and O–H groups in total. The molecule has 2 unspecified atom stereocenters. The summed E-state index contributed by atoms with van der Waals surface area (Å²) in [6.07, 6.45) is 5.75. The maximum Gasteiger partial charge on any atom is 0.242 e. The van der Waals surface area contributed by atoms with Crippen molar-refractivity contribution in [2.75, 3.05) is 0 Å². The van der Waals surface area contributed by atoms with E-state index in [2.05, 4.69) is 203 Å². The Morgan fingerprint density at radius 1 is 0.565 bits per heavy atom. The molecule has 326 valence electrons. The maximum absolute atomic E-state index is 2.76. The summed E-state index contributed by atoms with van der Waals surface area (Å²) in [4.78, 5) is 0. The molecule has 0 amide bonds. The van der Waals surface area contributed by atoms with Crippen molar-refractivity contribution < 1.29 is 0 Å². The van der Waals surface area contributed by atoms with Gasteiger partial charge in [0.25, 0.3) is 0 Å². The van der Waals surface area contributed by atoms with Crippen LogP contribution in [0.25, 0.3) is 0 Å². The average molecular weight is 823 g/mol. The number of fused-ring (bicyclic) bond motifs is 4. The van der Waals surface area contributed by atoms with Crippen LogP contribution in [0, 0.1) is 20.8 Å². The second-order valence-electron chi connectivity index (χ2n) is 25.4. The van der Waals surface area contributed by atoms with Crippen LogP contribution in [0.15, 0.2) is 78.9 Å². The molecule has 0 saturated heterocycles. The van der Waals surface area contributed by atoms with E-state index in [0.29, 0.717) is 5.92 Å². The number of rotatable bonds is 6. The Kier molecular flexibility index (Phi) is 10.7. The van der Waals surface area contributed by atoms with E-state index < -0.39 is 0 Å². The standard InChI is InChI=1S/C61H79B/c1-37-28-39(3)55-48(29-37)44(24-22-41-20-19-21-42(31-41)56(5,6)7)47-32-43(57(8,9)10)23-25-53(47)62(55)54-35-52-50(58(11,12)26-27-59(52,13)14)34-46(54)40(4)45-33-51-49(30-38(45)2)60(15,16)36-61(51,17)18/h19-21,23,25,28-35,40,44H,22,24,26-27,36H2,1-18H3. The minimum atomic E-state index is 0.0491. The monoisotopic (exact) mass is 823 g/mol. The van der Waals surface area contributed by atoms with Gasteiger partial charge >= 0.3 is 0 Å². The van der Waals surface area contributed by atoms with Gasteiger partial charge in [0.15, 0.2) is 0 Å². The van der Waals surface area contributed by atoms with Crippen LogP contribution in [0.3, 0.4) is 0 Å². The zero-order valence-electron chi connectivity index (χ0n) is 42.3. The minimum Gasteiger partial charge on any atom is -0.0664 e. The van der Waals surface area contributed by atoms with E-state index in [1.807, 2.05) is 0 Å². The highest BCUT2D eigenvalue weighted by Crippen LogP contribution is 2.52. The molecule has 5 aromatic carbocycles. The number of benzene rings is 5. The van der Waals surface area contributed by atoms with Gasteiger partial charge in [0.1, 0.15) is 0 Å². The first-order valence-corrected chi connectivity index (χ1v) is 24.3. The van der Waals surface area contributed by atoms with Crippen molar-refractivity contribution in [1.82, 2.24) is 0 Å². The Bertz CT molecular complexity index is 2570. The molecule has 5 aromatic rings. The first-order chi connectivity index (χ1) is 28.6. The van der Waals surface area contributed by atoms with Crippen LogP contribution < -0.4 is 16.4 Å². The van der Waals surface area contributed by atoms with Gasteiger partial charge in [-0.15, -0.1) is 0 Å². The minimum absolute atomic E-state index is 0.0491. The molecule has 0 nitrogen and oxygen atoms in total. The second-order valence-corrected chi connectivity index (χ2v) is 25.4. The predicted octanol–water partition coefficient (Wildman–Crippen LogP) is 14.3. The van der Waals surface area contributed by atoms with E-state index in [9.17, 15) is 0 Å². The topological polar surface area (TPSA) is 0 Å². The molecular formula is C61H79B. The highest BCUT2D eigenvalue weighted by atomic mass is 14.5. The van der Waals surface area contributed by atoms with Gasteiger partial charge in [0.2, 0.25) is 6.71 Å². The lowest BCUT2D eigenvalue weighted by Gasteiger charge is -2.44. The summed E-state index contributed by atoms with van der Waals surface area (Å²) in [6, 6.07) is 32.9. The van der Waals surface area contributed by atoms with Crippen molar-refractivity contribution in [1.29, 1.82) is 0 Å². The summed E-state index contributed by atoms with van der Waals surface area (Å²) < 4.78 is 0. The summed E-state index contributed by atoms with van der Waals surface area (Å²) in [5.41, 5.74) is 26.2. The highest BCUT2D eigenvalue weighted by Gasteiger charge is 2.45. The molecule has 0 radical (unpaired) electrons. The predicted molar refractivity (Wildman–Crippen MR) is 272 cm³/mol. The third-order valence-corrected chi connectivity index (χ3v) is 16.4. The first kappa shape index (κ1) is 44.8. The molecular weight excluding hydrogens is 743 g/mol. The van der Waals surface area contributed by atoms with Crippen LogP contribution in [0.1, 0.15) is 219 Å². The van der Waals surface area contributed by atoms with Crippen LogP contribution in [-0.2, 0) is 38.9 Å². The molecule has 0 aromatic heterocycles. The van der Waals surface area contributed by atoms with Crippen molar-refractivity contribution in [3.05, 3.63) is 157 Å². The third kappa shape index (κ3) is 7.68. The van der Waals surface area contributed by atoms with Gasteiger partial charge in [0.05, 0.1) is 0 Å². The Morgan fingerprint density at radius 2 is 1.13 bits per heavy atom. The maximum atomic E-state index is 2.76. The van der Waals surface area contributed by atoms with Gasteiger partial charge in [-0.2, -0.15) is 0 Å². The van der Waals surface area contributed by atoms with Crippen molar-refractivity contribution in [2.24, 2.45) is 0 Å². The van der Waals surface area contributed by atoms with Gasteiger partial charge in [-0.05, 0) is 152 Å². The molecule has 0 fully saturated rings.